The number of thiocarbonyl (C=S) groups is 1. The van der Waals surface area contributed by atoms with Gasteiger partial charge in [0.2, 0.25) is 0 Å². The topological polar surface area (TPSA) is 41.3 Å². The molecule has 1 aromatic carbocycles. The van der Waals surface area contributed by atoms with Gasteiger partial charge < -0.3 is 16.0 Å². The van der Waals surface area contributed by atoms with Crippen molar-refractivity contribution in [1.82, 2.24) is 10.2 Å². The van der Waals surface area contributed by atoms with E-state index >= 15 is 0 Å². The summed E-state index contributed by atoms with van der Waals surface area (Å²) in [5.41, 5.74) is 6.77. The van der Waals surface area contributed by atoms with Crippen molar-refractivity contribution in [3.05, 3.63) is 59.3 Å². The Balaban J connectivity index is 2.05. The summed E-state index contributed by atoms with van der Waals surface area (Å²) in [5, 5.41) is 4.04. The molecule has 3 nitrogen and oxygen atoms in total. The Labute approximate surface area is 137 Å². The van der Waals surface area contributed by atoms with E-state index in [1.54, 1.807) is 0 Å². The second kappa shape index (κ2) is 6.61. The predicted molar refractivity (Wildman–Crippen MR) is 91.7 cm³/mol. The van der Waals surface area contributed by atoms with Gasteiger partial charge in [-0.2, -0.15) is 0 Å². The summed E-state index contributed by atoms with van der Waals surface area (Å²) < 4.78 is -0.577. The summed E-state index contributed by atoms with van der Waals surface area (Å²) in [6.45, 7) is 0.794. The van der Waals surface area contributed by atoms with Crippen LogP contribution < -0.4 is 11.1 Å². The highest BCUT2D eigenvalue weighted by Crippen LogP contribution is 2.26. The summed E-state index contributed by atoms with van der Waals surface area (Å²) in [5.74, 6) is 0. The number of hydrogen-bond acceptors (Lipinski definition) is 2. The highest BCUT2D eigenvalue weighted by atomic mass is 79.9. The van der Waals surface area contributed by atoms with Crippen molar-refractivity contribution in [1.29, 1.82) is 0 Å². The van der Waals surface area contributed by atoms with E-state index in [9.17, 15) is 0 Å². The van der Waals surface area contributed by atoms with Crippen LogP contribution in [0.15, 0.2) is 48.7 Å². The average molecular weight is 373 g/mol. The molecule has 1 aliphatic rings. The van der Waals surface area contributed by atoms with Crippen LogP contribution in [0, 0.1) is 0 Å². The average Bonchev–Trinajstić information content (AvgIpc) is 2.36. The maximum absolute atomic E-state index is 6.00. The SMILES string of the molecule is NC(=S)NC1(Br)C=CC=CN1CCc1cccc(Cl)c1. The third-order valence-corrected chi connectivity index (χ3v) is 4.20. The zero-order valence-electron chi connectivity index (χ0n) is 10.7. The molecular formula is C14H15BrClN3S. The van der Waals surface area contributed by atoms with Gasteiger partial charge in [-0.15, -0.1) is 0 Å². The third kappa shape index (κ3) is 3.98. The number of halogens is 2. The summed E-state index contributed by atoms with van der Waals surface area (Å²) >= 11 is 14.6. The predicted octanol–water partition coefficient (Wildman–Crippen LogP) is 3.15. The zero-order chi connectivity index (χ0) is 14.6. The van der Waals surface area contributed by atoms with E-state index < -0.39 is 4.57 Å². The largest absolute Gasteiger partial charge is 0.376 e. The van der Waals surface area contributed by atoms with Crippen molar-refractivity contribution >= 4 is 44.9 Å². The third-order valence-electron chi connectivity index (χ3n) is 2.94. The van der Waals surface area contributed by atoms with E-state index in [0.29, 0.717) is 0 Å². The molecule has 0 bridgehead atoms. The molecular weight excluding hydrogens is 358 g/mol. The van der Waals surface area contributed by atoms with Crippen molar-refractivity contribution in [2.45, 2.75) is 11.0 Å². The van der Waals surface area contributed by atoms with E-state index in [-0.39, 0.29) is 5.11 Å². The molecule has 1 unspecified atom stereocenters. The highest BCUT2D eigenvalue weighted by molar-refractivity contribution is 9.10. The number of benzene rings is 1. The van der Waals surface area contributed by atoms with Crippen LogP contribution in [0.4, 0.5) is 0 Å². The molecule has 20 heavy (non-hydrogen) atoms. The van der Waals surface area contributed by atoms with Gasteiger partial charge in [0.1, 0.15) is 0 Å². The Morgan fingerprint density at radius 3 is 2.95 bits per heavy atom. The Bertz CT molecular complexity index is 561. The molecule has 1 aliphatic heterocycles. The smallest absolute Gasteiger partial charge is 0.189 e. The van der Waals surface area contributed by atoms with Crippen molar-refractivity contribution in [3.8, 4) is 0 Å². The molecule has 6 heteroatoms. The van der Waals surface area contributed by atoms with Gasteiger partial charge >= 0.3 is 0 Å². The van der Waals surface area contributed by atoms with Crippen molar-refractivity contribution in [3.63, 3.8) is 0 Å². The van der Waals surface area contributed by atoms with Crippen LogP contribution in [0.3, 0.4) is 0 Å². The first-order valence-electron chi connectivity index (χ1n) is 6.13. The van der Waals surface area contributed by atoms with E-state index in [1.807, 2.05) is 42.6 Å². The first kappa shape index (κ1) is 15.4. The number of nitrogens with zero attached hydrogens (tertiary/aromatic N) is 1. The molecule has 0 saturated carbocycles. The van der Waals surface area contributed by atoms with Gasteiger partial charge in [0.05, 0.1) is 0 Å². The minimum absolute atomic E-state index is 0.245. The Morgan fingerprint density at radius 2 is 2.25 bits per heavy atom. The van der Waals surface area contributed by atoms with Crippen molar-refractivity contribution in [2.75, 3.05) is 6.54 Å². The second-order valence-corrected chi connectivity index (χ2v) is 6.52. The molecule has 0 radical (unpaired) electrons. The molecule has 2 rings (SSSR count). The number of allylic oxidation sites excluding steroid dienone is 2. The van der Waals surface area contributed by atoms with E-state index in [2.05, 4.69) is 32.2 Å². The van der Waals surface area contributed by atoms with Crippen LogP contribution in [0.5, 0.6) is 0 Å². The fourth-order valence-corrected chi connectivity index (χ4v) is 3.17. The van der Waals surface area contributed by atoms with Gasteiger partial charge in [-0.1, -0.05) is 29.8 Å². The highest BCUT2D eigenvalue weighted by Gasteiger charge is 2.30. The first-order valence-corrected chi connectivity index (χ1v) is 7.71. The molecule has 1 atom stereocenters. The maximum Gasteiger partial charge on any atom is 0.189 e. The second-order valence-electron chi connectivity index (χ2n) is 4.44. The number of rotatable bonds is 4. The number of nitrogens with two attached hydrogens (primary N) is 1. The summed E-state index contributed by atoms with van der Waals surface area (Å²) in [6, 6.07) is 7.87. The fourth-order valence-electron chi connectivity index (χ4n) is 2.01. The lowest BCUT2D eigenvalue weighted by Crippen LogP contribution is -2.55. The Kier molecular flexibility index (Phi) is 5.07. The van der Waals surface area contributed by atoms with Crippen LogP contribution in [0.25, 0.3) is 0 Å². The van der Waals surface area contributed by atoms with Crippen LogP contribution in [-0.4, -0.2) is 21.1 Å². The van der Waals surface area contributed by atoms with Crippen LogP contribution in [-0.2, 0) is 6.42 Å². The lowest BCUT2D eigenvalue weighted by atomic mass is 10.1. The van der Waals surface area contributed by atoms with Crippen LogP contribution in [0.1, 0.15) is 5.56 Å². The zero-order valence-corrected chi connectivity index (χ0v) is 13.9. The minimum atomic E-state index is -0.577. The van der Waals surface area contributed by atoms with Gasteiger partial charge in [-0.25, -0.2) is 0 Å². The first-order chi connectivity index (χ1) is 9.49. The normalized spacial score (nSPS) is 21.0. The van der Waals surface area contributed by atoms with Gasteiger partial charge in [-0.05, 0) is 64.4 Å². The standard InChI is InChI=1S/C14H15BrClN3S/c15-14(18-13(17)20)7-1-2-8-19(14)9-6-11-4-3-5-12(16)10-11/h1-5,7-8,10H,6,9H2,(H3,17,18,20). The minimum Gasteiger partial charge on any atom is -0.376 e. The molecule has 0 spiro atoms. The van der Waals surface area contributed by atoms with E-state index in [1.165, 1.54) is 5.56 Å². The Hall–Kier alpha value is -1.04. The molecule has 3 N–H and O–H groups in total. The number of hydrogen-bond donors (Lipinski definition) is 2. The molecule has 0 amide bonds. The molecule has 1 heterocycles. The molecule has 0 aliphatic carbocycles. The Morgan fingerprint density at radius 1 is 1.45 bits per heavy atom. The van der Waals surface area contributed by atoms with Crippen LogP contribution >= 0.6 is 39.7 Å². The molecule has 1 aromatic rings. The quantitative estimate of drug-likeness (QED) is 0.484. The summed E-state index contributed by atoms with van der Waals surface area (Å²) in [4.78, 5) is 2.09. The molecule has 0 aromatic heterocycles. The van der Waals surface area contributed by atoms with E-state index in [0.717, 1.165) is 18.0 Å². The maximum atomic E-state index is 6.00. The van der Waals surface area contributed by atoms with E-state index in [4.69, 9.17) is 29.6 Å². The lowest BCUT2D eigenvalue weighted by Gasteiger charge is -2.39. The lowest BCUT2D eigenvalue weighted by molar-refractivity contribution is 0.278. The number of alkyl halides is 1. The molecule has 0 saturated heterocycles. The van der Waals surface area contributed by atoms with Gasteiger partial charge in [-0.3, -0.25) is 0 Å². The monoisotopic (exact) mass is 371 g/mol. The van der Waals surface area contributed by atoms with Gasteiger partial charge in [0.25, 0.3) is 0 Å². The van der Waals surface area contributed by atoms with Gasteiger partial charge in [0, 0.05) is 17.8 Å². The van der Waals surface area contributed by atoms with Crippen LogP contribution in [0.2, 0.25) is 5.02 Å². The van der Waals surface area contributed by atoms with Gasteiger partial charge in [0.15, 0.2) is 9.68 Å². The van der Waals surface area contributed by atoms with Crippen molar-refractivity contribution in [2.24, 2.45) is 5.73 Å². The molecule has 106 valence electrons. The number of nitrogens with one attached hydrogen (secondary N) is 1. The fraction of sp³-hybridized carbons (Fsp3) is 0.214. The summed E-state index contributed by atoms with van der Waals surface area (Å²) in [7, 11) is 0. The summed E-state index contributed by atoms with van der Waals surface area (Å²) in [6.07, 6.45) is 8.73. The van der Waals surface area contributed by atoms with Crippen molar-refractivity contribution < 1.29 is 0 Å². The molecule has 0 fully saturated rings.